The second-order valence-electron chi connectivity index (χ2n) is 19.2. The zero-order chi connectivity index (χ0) is 35.5. The monoisotopic (exact) mass is 645 g/mol. The SMILES string of the molecule is CC(C)(C)c1cc(C(CC(=O)O)(C2CC(C)(C)N(CCO)C(C)(C)C2)C2CC(C)(C)N(CCO)C(C)(C)C2)cc(C(C)(C)C)c1O. The number of carboxylic acid groups (broad SMARTS) is 1. The van der Waals surface area contributed by atoms with Crippen molar-refractivity contribution >= 4 is 5.97 Å². The van der Waals surface area contributed by atoms with E-state index in [0.717, 1.165) is 42.4 Å². The zero-order valence-electron chi connectivity index (χ0n) is 31.8. The minimum atomic E-state index is -0.801. The molecule has 0 bridgehead atoms. The number of rotatable bonds is 9. The number of nitrogens with zero attached hydrogens (tertiary/aromatic N) is 2. The Kier molecular flexibility index (Phi) is 10.7. The number of phenols is 1. The maximum Gasteiger partial charge on any atom is 0.304 e. The van der Waals surface area contributed by atoms with Gasteiger partial charge in [-0.2, -0.15) is 0 Å². The standard InChI is InChI=1S/C39H68N2O5/c1-33(2,3)29-19-26(20-30(32(29)46)34(4,5)6)39(25-31(44)45,27-21-35(7,8)40(15-17-42)36(9,10)22-27)28-23-37(11,12)41(16-18-43)38(13,14)24-28/h19-20,27-28,42-43,46H,15-18,21-25H2,1-14H3,(H,44,45). The number of hydrogen-bond donors (Lipinski definition) is 4. The van der Waals surface area contributed by atoms with Crippen molar-refractivity contribution in [1.29, 1.82) is 0 Å². The molecule has 2 aliphatic rings. The first kappa shape index (κ1) is 38.8. The summed E-state index contributed by atoms with van der Waals surface area (Å²) in [6, 6.07) is 4.32. The lowest BCUT2D eigenvalue weighted by atomic mass is 9.50. The van der Waals surface area contributed by atoms with Crippen LogP contribution < -0.4 is 0 Å². The van der Waals surface area contributed by atoms with Crippen molar-refractivity contribution in [2.75, 3.05) is 26.3 Å². The number of hydrogen-bond acceptors (Lipinski definition) is 6. The fourth-order valence-corrected chi connectivity index (χ4v) is 10.3. The number of β-amino-alcohol motifs (C(OH)–C–C–N with tert-alkyl or cyclic N) is 2. The van der Waals surface area contributed by atoms with Gasteiger partial charge in [-0.05, 0) is 120 Å². The lowest BCUT2D eigenvalue weighted by Crippen LogP contribution is -2.67. The summed E-state index contributed by atoms with van der Waals surface area (Å²) in [5.74, 6) is -0.446. The molecule has 46 heavy (non-hydrogen) atoms. The van der Waals surface area contributed by atoms with Crippen LogP contribution in [0.2, 0.25) is 0 Å². The molecule has 4 N–H and O–H groups in total. The summed E-state index contributed by atoms with van der Waals surface area (Å²) < 4.78 is 0. The van der Waals surface area contributed by atoms with Crippen molar-refractivity contribution in [2.24, 2.45) is 11.8 Å². The molecule has 0 aliphatic carbocycles. The van der Waals surface area contributed by atoms with Gasteiger partial charge in [0.15, 0.2) is 0 Å². The largest absolute Gasteiger partial charge is 0.507 e. The Bertz CT molecular complexity index is 1130. The predicted octanol–water partition coefficient (Wildman–Crippen LogP) is 7.22. The van der Waals surface area contributed by atoms with Gasteiger partial charge in [0.05, 0.1) is 19.6 Å². The predicted molar refractivity (Wildman–Crippen MR) is 189 cm³/mol. The van der Waals surface area contributed by atoms with E-state index in [1.54, 1.807) is 0 Å². The van der Waals surface area contributed by atoms with Gasteiger partial charge in [-0.25, -0.2) is 0 Å². The van der Waals surface area contributed by atoms with Crippen LogP contribution in [0.4, 0.5) is 0 Å². The molecule has 1 aromatic carbocycles. The number of aliphatic hydroxyl groups excluding tert-OH is 2. The lowest BCUT2D eigenvalue weighted by Gasteiger charge is -2.64. The molecular weight excluding hydrogens is 576 g/mol. The average molecular weight is 645 g/mol. The van der Waals surface area contributed by atoms with Gasteiger partial charge in [0.1, 0.15) is 5.75 Å². The molecule has 0 saturated carbocycles. The van der Waals surface area contributed by atoms with Crippen LogP contribution in [0.15, 0.2) is 12.1 Å². The summed E-state index contributed by atoms with van der Waals surface area (Å²) in [5, 5.41) is 42.9. The molecular formula is C39H68N2O5. The number of aliphatic carboxylic acids is 1. The van der Waals surface area contributed by atoms with Crippen molar-refractivity contribution in [1.82, 2.24) is 9.80 Å². The molecule has 7 heteroatoms. The fourth-order valence-electron chi connectivity index (χ4n) is 10.3. The summed E-state index contributed by atoms with van der Waals surface area (Å²) in [4.78, 5) is 18.2. The van der Waals surface area contributed by atoms with E-state index in [2.05, 4.69) is 119 Å². The lowest BCUT2D eigenvalue weighted by molar-refractivity contribution is -0.147. The molecule has 2 saturated heterocycles. The van der Waals surface area contributed by atoms with Crippen molar-refractivity contribution in [3.63, 3.8) is 0 Å². The maximum atomic E-state index is 13.3. The van der Waals surface area contributed by atoms with Crippen molar-refractivity contribution < 1.29 is 25.2 Å². The highest BCUT2D eigenvalue weighted by molar-refractivity contribution is 5.70. The third-order valence-corrected chi connectivity index (χ3v) is 11.7. The fraction of sp³-hybridized carbons (Fsp3) is 0.821. The van der Waals surface area contributed by atoms with Crippen molar-refractivity contribution in [2.45, 2.75) is 167 Å². The number of likely N-dealkylation sites (tertiary alicyclic amines) is 2. The molecule has 2 fully saturated rings. The summed E-state index contributed by atoms with van der Waals surface area (Å²) in [5.41, 5.74) is 0.171. The van der Waals surface area contributed by atoms with Gasteiger partial charge < -0.3 is 20.4 Å². The van der Waals surface area contributed by atoms with Gasteiger partial charge in [-0.1, -0.05) is 53.7 Å². The van der Waals surface area contributed by atoms with Crippen LogP contribution in [-0.2, 0) is 21.0 Å². The molecule has 7 nitrogen and oxygen atoms in total. The quantitative estimate of drug-likeness (QED) is 0.225. The van der Waals surface area contributed by atoms with Crippen LogP contribution in [0.3, 0.4) is 0 Å². The molecule has 0 amide bonds. The Morgan fingerprint density at radius 1 is 0.696 bits per heavy atom. The van der Waals surface area contributed by atoms with Crippen LogP contribution >= 0.6 is 0 Å². The number of carboxylic acids is 1. The number of phenolic OH excluding ortho intramolecular Hbond substituents is 1. The third kappa shape index (κ3) is 7.33. The highest BCUT2D eigenvalue weighted by Crippen LogP contribution is 2.60. The number of piperidine rings is 2. The number of benzene rings is 1. The molecule has 0 radical (unpaired) electrons. The van der Waals surface area contributed by atoms with Crippen LogP contribution in [-0.4, -0.2) is 84.7 Å². The van der Waals surface area contributed by atoms with Gasteiger partial charge in [-0.15, -0.1) is 0 Å². The van der Waals surface area contributed by atoms with Crippen molar-refractivity contribution in [3.8, 4) is 5.75 Å². The van der Waals surface area contributed by atoms with Crippen LogP contribution in [0.5, 0.6) is 5.75 Å². The summed E-state index contributed by atoms with van der Waals surface area (Å²) >= 11 is 0. The average Bonchev–Trinajstić information content (AvgIpc) is 2.84. The smallest absolute Gasteiger partial charge is 0.304 e. The molecule has 1 aromatic rings. The second-order valence-corrected chi connectivity index (χ2v) is 19.2. The number of aromatic hydroxyl groups is 1. The minimum absolute atomic E-state index is 0.00139. The molecule has 2 heterocycles. The first-order chi connectivity index (χ1) is 20.7. The molecule has 0 spiro atoms. The zero-order valence-corrected chi connectivity index (χ0v) is 31.8. The number of carbonyl (C=O) groups is 1. The Labute approximate surface area is 280 Å². The Morgan fingerprint density at radius 3 is 1.24 bits per heavy atom. The Balaban J connectivity index is 2.51. The van der Waals surface area contributed by atoms with Crippen LogP contribution in [0, 0.1) is 11.8 Å². The van der Waals surface area contributed by atoms with E-state index in [0.29, 0.717) is 18.8 Å². The molecule has 0 atom stereocenters. The second kappa shape index (κ2) is 12.7. The number of aliphatic hydroxyl groups is 2. The minimum Gasteiger partial charge on any atom is -0.507 e. The molecule has 264 valence electrons. The summed E-state index contributed by atoms with van der Waals surface area (Å²) in [6.45, 7) is 32.0. The Hall–Kier alpha value is -1.67. The third-order valence-electron chi connectivity index (χ3n) is 11.7. The topological polar surface area (TPSA) is 104 Å². The highest BCUT2D eigenvalue weighted by atomic mass is 16.4. The molecule has 0 aromatic heterocycles. The van der Waals surface area contributed by atoms with Crippen LogP contribution in [0.1, 0.15) is 146 Å². The van der Waals surface area contributed by atoms with Crippen molar-refractivity contribution in [3.05, 3.63) is 28.8 Å². The highest BCUT2D eigenvalue weighted by Gasteiger charge is 2.59. The van der Waals surface area contributed by atoms with E-state index in [1.165, 1.54) is 0 Å². The summed E-state index contributed by atoms with van der Waals surface area (Å²) in [7, 11) is 0. The van der Waals surface area contributed by atoms with E-state index in [-0.39, 0.29) is 64.5 Å². The molecule has 0 unspecified atom stereocenters. The van der Waals surface area contributed by atoms with Gasteiger partial charge in [0.2, 0.25) is 0 Å². The first-order valence-corrected chi connectivity index (χ1v) is 17.5. The Morgan fingerprint density at radius 2 is 1.00 bits per heavy atom. The van der Waals surface area contributed by atoms with E-state index in [1.807, 2.05) is 0 Å². The van der Waals surface area contributed by atoms with E-state index < -0.39 is 11.4 Å². The first-order valence-electron chi connectivity index (χ1n) is 17.5. The van der Waals surface area contributed by atoms with E-state index in [4.69, 9.17) is 0 Å². The van der Waals surface area contributed by atoms with Gasteiger partial charge in [0, 0.05) is 40.7 Å². The maximum absolute atomic E-state index is 13.3. The molecule has 2 aliphatic heterocycles. The van der Waals surface area contributed by atoms with Crippen LogP contribution in [0.25, 0.3) is 0 Å². The van der Waals surface area contributed by atoms with Gasteiger partial charge in [0.25, 0.3) is 0 Å². The summed E-state index contributed by atoms with van der Waals surface area (Å²) in [6.07, 6.45) is 3.16. The van der Waals surface area contributed by atoms with Gasteiger partial charge >= 0.3 is 5.97 Å². The molecule has 3 rings (SSSR count). The van der Waals surface area contributed by atoms with Gasteiger partial charge in [-0.3, -0.25) is 14.6 Å². The van der Waals surface area contributed by atoms with E-state index in [9.17, 15) is 25.2 Å². The van der Waals surface area contributed by atoms with E-state index >= 15 is 0 Å². The normalized spacial score (nSPS) is 23.0.